The van der Waals surface area contributed by atoms with E-state index in [0.29, 0.717) is 23.7 Å². The number of aliphatic hydroxyl groups excluding tert-OH is 1. The molecule has 0 saturated heterocycles. The van der Waals surface area contributed by atoms with Gasteiger partial charge in [-0.15, -0.1) is 0 Å². The van der Waals surface area contributed by atoms with Crippen molar-refractivity contribution in [2.45, 2.75) is 119 Å². The first-order valence-electron chi connectivity index (χ1n) is 14.2. The van der Waals surface area contributed by atoms with Crippen molar-refractivity contribution in [1.82, 2.24) is 0 Å². The Kier molecular flexibility index (Phi) is 5.22. The molecule has 0 aromatic heterocycles. The summed E-state index contributed by atoms with van der Waals surface area (Å²) in [6, 6.07) is 0. The third kappa shape index (κ3) is 2.83. The summed E-state index contributed by atoms with van der Waals surface area (Å²) in [6.07, 6.45) is 11.9. The van der Waals surface area contributed by atoms with E-state index in [1.807, 2.05) is 6.92 Å². The van der Waals surface area contributed by atoms with E-state index in [1.165, 1.54) is 19.3 Å². The van der Waals surface area contributed by atoms with Crippen LogP contribution < -0.4 is 0 Å². The Labute approximate surface area is 208 Å². The minimum atomic E-state index is -0.605. The molecule has 0 aromatic rings. The summed E-state index contributed by atoms with van der Waals surface area (Å²) in [5.41, 5.74) is 1.81. The van der Waals surface area contributed by atoms with E-state index in [1.54, 1.807) is 5.57 Å². The molecule has 4 saturated carbocycles. The zero-order valence-electron chi connectivity index (χ0n) is 23.1. The number of hydrogen-bond donors (Lipinski definition) is 2. The van der Waals surface area contributed by atoms with Crippen LogP contribution in [0.2, 0.25) is 0 Å². The van der Waals surface area contributed by atoms with Gasteiger partial charge in [0.1, 0.15) is 0 Å². The minimum Gasteiger partial charge on any atom is -0.481 e. The Balaban J connectivity index is 1.60. The summed E-state index contributed by atoms with van der Waals surface area (Å²) in [6.45, 7) is 19.4. The van der Waals surface area contributed by atoms with Gasteiger partial charge in [0.15, 0.2) is 0 Å². The highest BCUT2D eigenvalue weighted by Crippen LogP contribution is 2.76. The normalized spacial score (nSPS) is 56.3. The molecule has 4 fully saturated rings. The predicted molar refractivity (Wildman–Crippen MR) is 137 cm³/mol. The zero-order chi connectivity index (χ0) is 25.1. The lowest BCUT2D eigenvalue weighted by atomic mass is 9.32. The number of hydrogen-bond acceptors (Lipinski definition) is 2. The first kappa shape index (κ1) is 24.8. The van der Waals surface area contributed by atoms with Gasteiger partial charge >= 0.3 is 5.97 Å². The van der Waals surface area contributed by atoms with Crippen molar-refractivity contribution < 1.29 is 15.0 Å². The smallest absolute Gasteiger partial charge is 0.309 e. The second-order valence-corrected chi connectivity index (χ2v) is 15.4. The molecule has 2 unspecified atom stereocenters. The summed E-state index contributed by atoms with van der Waals surface area (Å²) in [4.78, 5) is 12.3. The van der Waals surface area contributed by atoms with E-state index in [-0.39, 0.29) is 33.2 Å². The summed E-state index contributed by atoms with van der Waals surface area (Å²) < 4.78 is 0. The summed E-state index contributed by atoms with van der Waals surface area (Å²) >= 11 is 0. The second-order valence-electron chi connectivity index (χ2n) is 15.4. The number of aliphatic carboxylic acids is 1. The van der Waals surface area contributed by atoms with Crippen LogP contribution in [0.1, 0.15) is 113 Å². The molecule has 0 radical (unpaired) electrons. The monoisotopic (exact) mass is 470 g/mol. The molecule has 3 heteroatoms. The van der Waals surface area contributed by atoms with Crippen molar-refractivity contribution in [3.63, 3.8) is 0 Å². The van der Waals surface area contributed by atoms with Gasteiger partial charge in [-0.2, -0.15) is 0 Å². The van der Waals surface area contributed by atoms with Gasteiger partial charge in [-0.25, -0.2) is 0 Å². The van der Waals surface area contributed by atoms with Gasteiger partial charge < -0.3 is 10.2 Å². The number of allylic oxidation sites excluding steroid dienone is 2. The van der Waals surface area contributed by atoms with Gasteiger partial charge in [0.2, 0.25) is 0 Å². The minimum absolute atomic E-state index is 0.0251. The molecule has 34 heavy (non-hydrogen) atoms. The number of carboxylic acids is 1. The summed E-state index contributed by atoms with van der Waals surface area (Å²) in [7, 11) is 0. The maximum Gasteiger partial charge on any atom is 0.309 e. The molecule has 0 heterocycles. The van der Waals surface area contributed by atoms with E-state index >= 15 is 0 Å². The van der Waals surface area contributed by atoms with E-state index in [4.69, 9.17) is 0 Å². The number of rotatable bonds is 1. The fourth-order valence-electron chi connectivity index (χ4n) is 11.2. The molecule has 3 nitrogen and oxygen atoms in total. The quantitative estimate of drug-likeness (QED) is 0.391. The van der Waals surface area contributed by atoms with Gasteiger partial charge in [-0.1, -0.05) is 60.1 Å². The molecule has 0 aromatic carbocycles. The van der Waals surface area contributed by atoms with Crippen LogP contribution >= 0.6 is 0 Å². The van der Waals surface area contributed by atoms with Crippen LogP contribution in [0.5, 0.6) is 0 Å². The molecule has 2 N–H and O–H groups in total. The molecule has 0 amide bonds. The van der Waals surface area contributed by atoms with Crippen molar-refractivity contribution in [2.24, 2.45) is 56.2 Å². The van der Waals surface area contributed by atoms with Crippen LogP contribution in [0.4, 0.5) is 0 Å². The second kappa shape index (κ2) is 7.14. The SMILES string of the molecule is C[C@@H]1C[C@@]2(C)CC[C@@](C)(C(=O)O)C[C@H]2C2=CCC3[C@@]4(C)CC[C@H](O)C(C)(C)C4CC[C@@]3(C)[C@@]21C. The Bertz CT molecular complexity index is 920. The van der Waals surface area contributed by atoms with Gasteiger partial charge in [0, 0.05) is 0 Å². The van der Waals surface area contributed by atoms with Crippen LogP contribution in [-0.2, 0) is 4.79 Å². The number of aliphatic hydroxyl groups is 1. The van der Waals surface area contributed by atoms with Gasteiger partial charge in [-0.05, 0) is 115 Å². The summed E-state index contributed by atoms with van der Waals surface area (Å²) in [5, 5.41) is 21.0. The molecular formula is C31H50O3. The molecule has 5 aliphatic rings. The molecule has 0 bridgehead atoms. The largest absolute Gasteiger partial charge is 0.481 e. The standard InChI is InChI=1S/C31H50O3/c1-19-17-27(4)15-16-28(5,25(33)34)18-21(27)20-9-10-23-29(6)13-12-24(32)26(2,3)22(29)11-14-30(23,7)31(19,20)8/h9,19,21-24,32H,10-18H2,1-8H3,(H,33,34)/t19-,21+,22?,23?,24+,27-,28-,29+,30-,31-/m1/s1. The fourth-order valence-corrected chi connectivity index (χ4v) is 11.2. The third-order valence-electron chi connectivity index (χ3n) is 13.8. The lowest BCUT2D eigenvalue weighted by Gasteiger charge is -2.72. The van der Waals surface area contributed by atoms with Gasteiger partial charge in [0.05, 0.1) is 11.5 Å². The van der Waals surface area contributed by atoms with Crippen LogP contribution in [-0.4, -0.2) is 22.3 Å². The van der Waals surface area contributed by atoms with Crippen molar-refractivity contribution in [3.05, 3.63) is 11.6 Å². The molecule has 0 aliphatic heterocycles. The van der Waals surface area contributed by atoms with Crippen molar-refractivity contribution in [3.8, 4) is 0 Å². The highest BCUT2D eigenvalue weighted by molar-refractivity contribution is 5.74. The van der Waals surface area contributed by atoms with E-state index < -0.39 is 11.4 Å². The van der Waals surface area contributed by atoms with Gasteiger partial charge in [-0.3, -0.25) is 4.79 Å². The highest BCUT2D eigenvalue weighted by atomic mass is 16.4. The molecule has 192 valence electrons. The molecule has 10 atom stereocenters. The Morgan fingerprint density at radius 3 is 2.24 bits per heavy atom. The van der Waals surface area contributed by atoms with Crippen LogP contribution in [0.25, 0.3) is 0 Å². The van der Waals surface area contributed by atoms with E-state index in [9.17, 15) is 15.0 Å². The molecule has 5 aliphatic carbocycles. The van der Waals surface area contributed by atoms with Crippen LogP contribution in [0, 0.1) is 56.2 Å². The molecular weight excluding hydrogens is 420 g/mol. The number of fused-ring (bicyclic) bond motifs is 7. The first-order valence-corrected chi connectivity index (χ1v) is 14.2. The fraction of sp³-hybridized carbons (Fsp3) is 0.903. The molecule has 5 rings (SSSR count). The van der Waals surface area contributed by atoms with E-state index in [0.717, 1.165) is 38.5 Å². The Morgan fingerprint density at radius 2 is 1.59 bits per heavy atom. The number of carboxylic acid groups (broad SMARTS) is 1. The molecule has 0 spiro atoms. The average Bonchev–Trinajstić information content (AvgIpc) is 2.73. The number of carbonyl (C=O) groups is 1. The van der Waals surface area contributed by atoms with Crippen LogP contribution in [0.15, 0.2) is 11.6 Å². The highest BCUT2D eigenvalue weighted by Gasteiger charge is 2.69. The van der Waals surface area contributed by atoms with Crippen LogP contribution in [0.3, 0.4) is 0 Å². The summed E-state index contributed by atoms with van der Waals surface area (Å²) in [5.74, 6) is 1.57. The first-order chi connectivity index (χ1) is 15.6. The maximum absolute atomic E-state index is 12.3. The maximum atomic E-state index is 12.3. The van der Waals surface area contributed by atoms with Crippen molar-refractivity contribution >= 4 is 5.97 Å². The Hall–Kier alpha value is -0.830. The zero-order valence-corrected chi connectivity index (χ0v) is 23.1. The lowest BCUT2D eigenvalue weighted by molar-refractivity contribution is -0.212. The topological polar surface area (TPSA) is 57.5 Å². The van der Waals surface area contributed by atoms with Gasteiger partial charge in [0.25, 0.3) is 0 Å². The van der Waals surface area contributed by atoms with Crippen molar-refractivity contribution in [1.29, 1.82) is 0 Å². The lowest BCUT2D eigenvalue weighted by Crippen LogP contribution is -2.66. The van der Waals surface area contributed by atoms with Crippen molar-refractivity contribution in [2.75, 3.05) is 0 Å². The third-order valence-corrected chi connectivity index (χ3v) is 13.8. The predicted octanol–water partition coefficient (Wildman–Crippen LogP) is 7.48. The van der Waals surface area contributed by atoms with E-state index in [2.05, 4.69) is 54.5 Å². The Morgan fingerprint density at radius 1 is 0.912 bits per heavy atom. The average molecular weight is 471 g/mol.